The number of benzene rings is 1. The van der Waals surface area contributed by atoms with Gasteiger partial charge in [-0.3, -0.25) is 10.1 Å². The highest BCUT2D eigenvalue weighted by atomic mass is 32.2. The normalized spacial score (nSPS) is 14.4. The van der Waals surface area contributed by atoms with Crippen LogP contribution in [-0.4, -0.2) is 23.6 Å². The van der Waals surface area contributed by atoms with Gasteiger partial charge in [0.25, 0.3) is 0 Å². The molecule has 0 radical (unpaired) electrons. The maximum absolute atomic E-state index is 13.2. The molecular formula is C17H22N2O4S. The van der Waals surface area contributed by atoms with Crippen molar-refractivity contribution in [1.29, 1.82) is 5.26 Å². The average Bonchev–Trinajstić information content (AvgIpc) is 2.51. The Balaban J connectivity index is 3.62. The van der Waals surface area contributed by atoms with Crippen LogP contribution in [0.2, 0.25) is 0 Å². The summed E-state index contributed by atoms with van der Waals surface area (Å²) in [5.41, 5.74) is -1.11. The largest absolute Gasteiger partial charge is 0.264 e. The van der Waals surface area contributed by atoms with Crippen LogP contribution >= 0.6 is 0 Å². The third-order valence-electron chi connectivity index (χ3n) is 4.35. The molecule has 0 aliphatic heterocycles. The molecule has 1 rings (SSSR count). The summed E-state index contributed by atoms with van der Waals surface area (Å²) in [5.74, 6) is 0. The lowest BCUT2D eigenvalue weighted by atomic mass is 9.84. The van der Waals surface area contributed by atoms with E-state index in [0.29, 0.717) is 12.8 Å². The molecule has 7 heteroatoms. The van der Waals surface area contributed by atoms with Crippen LogP contribution in [0.5, 0.6) is 0 Å². The van der Waals surface area contributed by atoms with Crippen molar-refractivity contribution >= 4 is 9.84 Å². The number of hydrogen-bond donors (Lipinski definition) is 0. The average molecular weight is 350 g/mol. The number of aryl methyl sites for hydroxylation is 1. The van der Waals surface area contributed by atoms with Crippen LogP contribution < -0.4 is 0 Å². The number of nitro groups is 1. The molecule has 6 nitrogen and oxygen atoms in total. The van der Waals surface area contributed by atoms with Crippen molar-refractivity contribution in [2.24, 2.45) is 0 Å². The van der Waals surface area contributed by atoms with Gasteiger partial charge in [-0.05, 0) is 38.3 Å². The molecule has 0 bridgehead atoms. The van der Waals surface area contributed by atoms with Crippen molar-refractivity contribution in [2.75, 3.05) is 0 Å². The standard InChI is InChI=1S/C17H22N2O4S/c1-5-6-7-12-17(13-18,16(3,4)19(20)21)24(22,23)15-10-8-14(2)9-11-15/h5,8-11H,1,6-7,12H2,2-4H3. The van der Waals surface area contributed by atoms with E-state index < -0.39 is 25.0 Å². The fourth-order valence-electron chi connectivity index (χ4n) is 2.58. The SMILES string of the molecule is C=CCCCC(C#N)(C(C)(C)[N+](=O)[O-])S(=O)(=O)c1ccc(C)cc1. The first-order valence-electron chi connectivity index (χ1n) is 7.55. The molecule has 0 saturated carbocycles. The lowest BCUT2D eigenvalue weighted by Crippen LogP contribution is -2.59. The summed E-state index contributed by atoms with van der Waals surface area (Å²) >= 11 is 0. The van der Waals surface area contributed by atoms with Crippen LogP contribution in [0.3, 0.4) is 0 Å². The van der Waals surface area contributed by atoms with E-state index in [0.717, 1.165) is 5.56 Å². The van der Waals surface area contributed by atoms with Gasteiger partial charge < -0.3 is 0 Å². The molecule has 1 aromatic rings. The molecule has 130 valence electrons. The van der Waals surface area contributed by atoms with Crippen molar-refractivity contribution in [3.63, 3.8) is 0 Å². The van der Waals surface area contributed by atoms with Gasteiger partial charge in [-0.2, -0.15) is 5.26 Å². The van der Waals surface area contributed by atoms with Gasteiger partial charge in [0, 0.05) is 18.8 Å². The molecule has 1 unspecified atom stereocenters. The smallest absolute Gasteiger partial charge is 0.249 e. The maximum Gasteiger partial charge on any atom is 0.249 e. The molecule has 0 aliphatic carbocycles. The Morgan fingerprint density at radius 2 is 1.88 bits per heavy atom. The molecule has 24 heavy (non-hydrogen) atoms. The van der Waals surface area contributed by atoms with E-state index in [4.69, 9.17) is 0 Å². The number of unbranched alkanes of at least 4 members (excludes halogenated alkanes) is 1. The molecule has 0 fully saturated rings. The summed E-state index contributed by atoms with van der Waals surface area (Å²) in [4.78, 5) is 10.8. The minimum absolute atomic E-state index is 0.0804. The Kier molecular flexibility index (Phi) is 5.90. The Labute approximate surface area is 142 Å². The van der Waals surface area contributed by atoms with E-state index in [2.05, 4.69) is 6.58 Å². The highest BCUT2D eigenvalue weighted by Crippen LogP contribution is 2.41. The van der Waals surface area contributed by atoms with Crippen molar-refractivity contribution in [1.82, 2.24) is 0 Å². The molecule has 0 N–H and O–H groups in total. The van der Waals surface area contributed by atoms with Crippen molar-refractivity contribution < 1.29 is 13.3 Å². The second kappa shape index (κ2) is 7.14. The van der Waals surface area contributed by atoms with Gasteiger partial charge >= 0.3 is 0 Å². The third-order valence-corrected chi connectivity index (χ3v) is 6.96. The first-order valence-corrected chi connectivity index (χ1v) is 9.03. The predicted molar refractivity (Wildman–Crippen MR) is 91.8 cm³/mol. The number of hydrogen-bond acceptors (Lipinski definition) is 5. The number of nitriles is 1. The zero-order valence-electron chi connectivity index (χ0n) is 14.2. The fourth-order valence-corrected chi connectivity index (χ4v) is 4.75. The van der Waals surface area contributed by atoms with E-state index in [1.807, 2.05) is 0 Å². The Morgan fingerprint density at radius 1 is 1.33 bits per heavy atom. The molecule has 0 heterocycles. The van der Waals surface area contributed by atoms with Crippen LogP contribution in [-0.2, 0) is 9.84 Å². The summed E-state index contributed by atoms with van der Waals surface area (Å²) in [6, 6.07) is 7.78. The molecule has 1 atom stereocenters. The van der Waals surface area contributed by atoms with E-state index in [1.165, 1.54) is 26.0 Å². The van der Waals surface area contributed by atoms with Gasteiger partial charge in [0.2, 0.25) is 20.1 Å². The van der Waals surface area contributed by atoms with Gasteiger partial charge in [0.15, 0.2) is 0 Å². The van der Waals surface area contributed by atoms with Crippen LogP contribution in [0, 0.1) is 28.4 Å². The molecule has 0 saturated heterocycles. The van der Waals surface area contributed by atoms with E-state index in [1.54, 1.807) is 31.2 Å². The van der Waals surface area contributed by atoms with Gasteiger partial charge in [0.1, 0.15) is 0 Å². The summed E-state index contributed by atoms with van der Waals surface area (Å²) in [7, 11) is -4.25. The number of sulfone groups is 1. The topological polar surface area (TPSA) is 101 Å². The van der Waals surface area contributed by atoms with Gasteiger partial charge in [-0.1, -0.05) is 23.8 Å². The quantitative estimate of drug-likeness (QED) is 0.309. The van der Waals surface area contributed by atoms with Crippen LogP contribution in [0.4, 0.5) is 0 Å². The first-order chi connectivity index (χ1) is 11.1. The van der Waals surface area contributed by atoms with Crippen LogP contribution in [0.25, 0.3) is 0 Å². The monoisotopic (exact) mass is 350 g/mol. The summed E-state index contributed by atoms with van der Waals surface area (Å²) in [6.07, 6.45) is 2.25. The number of rotatable bonds is 8. The Bertz CT molecular complexity index is 761. The summed E-state index contributed by atoms with van der Waals surface area (Å²) in [5, 5.41) is 21.3. The fraction of sp³-hybridized carbons (Fsp3) is 0.471. The highest BCUT2D eigenvalue weighted by molar-refractivity contribution is 7.93. The zero-order valence-corrected chi connectivity index (χ0v) is 15.0. The van der Waals surface area contributed by atoms with E-state index in [9.17, 15) is 23.8 Å². The maximum atomic E-state index is 13.2. The predicted octanol–water partition coefficient (Wildman–Crippen LogP) is 3.44. The second-order valence-corrected chi connectivity index (χ2v) is 8.43. The minimum Gasteiger partial charge on any atom is -0.264 e. The molecule has 1 aromatic carbocycles. The van der Waals surface area contributed by atoms with Crippen molar-refractivity contribution in [2.45, 2.75) is 55.2 Å². The Hall–Kier alpha value is -2.20. The second-order valence-electron chi connectivity index (χ2n) is 6.25. The third kappa shape index (κ3) is 3.20. The number of nitrogens with zero attached hydrogens (tertiary/aromatic N) is 2. The van der Waals surface area contributed by atoms with Gasteiger partial charge in [0.05, 0.1) is 11.0 Å². The molecule has 0 aliphatic rings. The van der Waals surface area contributed by atoms with Gasteiger partial charge in [-0.15, -0.1) is 6.58 Å². The summed E-state index contributed by atoms with van der Waals surface area (Å²) < 4.78 is 24.2. The Morgan fingerprint density at radius 3 is 2.29 bits per heavy atom. The first kappa shape index (κ1) is 19.8. The van der Waals surface area contributed by atoms with Gasteiger partial charge in [-0.25, -0.2) is 8.42 Å². The van der Waals surface area contributed by atoms with E-state index in [-0.39, 0.29) is 11.3 Å². The molecule has 0 spiro atoms. The minimum atomic E-state index is -4.25. The molecule has 0 amide bonds. The molecule has 0 aromatic heterocycles. The van der Waals surface area contributed by atoms with Crippen molar-refractivity contribution in [3.05, 3.63) is 52.6 Å². The molecular weight excluding hydrogens is 328 g/mol. The summed E-state index contributed by atoms with van der Waals surface area (Å²) in [6.45, 7) is 7.75. The zero-order chi connectivity index (χ0) is 18.6. The lowest BCUT2D eigenvalue weighted by molar-refractivity contribution is -0.564. The lowest BCUT2D eigenvalue weighted by Gasteiger charge is -2.34. The number of allylic oxidation sites excluding steroid dienone is 1. The van der Waals surface area contributed by atoms with Crippen LogP contribution in [0.1, 0.15) is 38.7 Å². The van der Waals surface area contributed by atoms with Crippen molar-refractivity contribution in [3.8, 4) is 6.07 Å². The van der Waals surface area contributed by atoms with E-state index >= 15 is 0 Å². The van der Waals surface area contributed by atoms with Crippen LogP contribution in [0.15, 0.2) is 41.8 Å². The highest BCUT2D eigenvalue weighted by Gasteiger charge is 2.63.